The predicted molar refractivity (Wildman–Crippen MR) is 74.8 cm³/mol. The first kappa shape index (κ1) is 12.4. The molecule has 0 saturated heterocycles. The van der Waals surface area contributed by atoms with Gasteiger partial charge in [-0.05, 0) is 43.7 Å². The lowest BCUT2D eigenvalue weighted by atomic mass is 10.3. The third kappa shape index (κ3) is 2.71. The molecule has 2 aromatic heterocycles. The summed E-state index contributed by atoms with van der Waals surface area (Å²) in [6, 6.07) is 1.96. The molecule has 0 radical (unpaired) electrons. The quantitative estimate of drug-likeness (QED) is 0.808. The van der Waals surface area contributed by atoms with Crippen LogP contribution in [0.15, 0.2) is 12.3 Å². The van der Waals surface area contributed by atoms with E-state index in [2.05, 4.69) is 9.97 Å². The molecule has 102 valence electrons. The minimum Gasteiger partial charge on any atom is -0.381 e. The van der Waals surface area contributed by atoms with Crippen LogP contribution in [0.5, 0.6) is 0 Å². The first-order valence-corrected chi connectivity index (χ1v) is 6.91. The Morgan fingerprint density at radius 1 is 1.47 bits per heavy atom. The standard InChI is InChI=1S/C14H20N4O/c1-10-5-6-16-13-12(10)17-14(15)18(13)7-2-8-19-9-11-3-4-11/h5-6,11H,2-4,7-9H2,1H3,(H2,15,17). The molecule has 2 N–H and O–H groups in total. The van der Waals surface area contributed by atoms with Gasteiger partial charge in [0.25, 0.3) is 0 Å². The van der Waals surface area contributed by atoms with Crippen LogP contribution in [-0.2, 0) is 11.3 Å². The maximum absolute atomic E-state index is 5.97. The molecule has 2 heterocycles. The fraction of sp³-hybridized carbons (Fsp3) is 0.571. The van der Waals surface area contributed by atoms with Crippen LogP contribution in [0.2, 0.25) is 0 Å². The van der Waals surface area contributed by atoms with Gasteiger partial charge in [0, 0.05) is 26.0 Å². The lowest BCUT2D eigenvalue weighted by molar-refractivity contribution is 0.119. The summed E-state index contributed by atoms with van der Waals surface area (Å²) in [6.45, 7) is 4.53. The van der Waals surface area contributed by atoms with Crippen molar-refractivity contribution < 1.29 is 4.74 Å². The fourth-order valence-electron chi connectivity index (χ4n) is 2.23. The molecule has 0 bridgehead atoms. The van der Waals surface area contributed by atoms with Crippen LogP contribution in [0.25, 0.3) is 11.2 Å². The molecule has 0 amide bonds. The van der Waals surface area contributed by atoms with Gasteiger partial charge < -0.3 is 10.5 Å². The van der Waals surface area contributed by atoms with Gasteiger partial charge in [-0.2, -0.15) is 0 Å². The zero-order valence-electron chi connectivity index (χ0n) is 11.3. The van der Waals surface area contributed by atoms with Crippen LogP contribution in [0.1, 0.15) is 24.8 Å². The highest BCUT2D eigenvalue weighted by Gasteiger charge is 2.20. The van der Waals surface area contributed by atoms with Crippen LogP contribution >= 0.6 is 0 Å². The van der Waals surface area contributed by atoms with Gasteiger partial charge in [0.1, 0.15) is 5.52 Å². The number of nitrogen functional groups attached to an aromatic ring is 1. The number of nitrogens with zero attached hydrogens (tertiary/aromatic N) is 3. The first-order valence-electron chi connectivity index (χ1n) is 6.91. The maximum atomic E-state index is 5.97. The number of imidazole rings is 1. The Labute approximate surface area is 112 Å². The Bertz CT molecular complexity index is 574. The van der Waals surface area contributed by atoms with Crippen LogP contribution < -0.4 is 5.73 Å². The van der Waals surface area contributed by atoms with Gasteiger partial charge in [0.2, 0.25) is 5.95 Å². The van der Waals surface area contributed by atoms with Crippen molar-refractivity contribution in [2.45, 2.75) is 32.7 Å². The van der Waals surface area contributed by atoms with Gasteiger partial charge >= 0.3 is 0 Å². The monoisotopic (exact) mass is 260 g/mol. The van der Waals surface area contributed by atoms with Crippen molar-refractivity contribution in [1.82, 2.24) is 14.5 Å². The molecule has 0 spiro atoms. The molecular formula is C14H20N4O. The van der Waals surface area contributed by atoms with Crippen molar-refractivity contribution >= 4 is 17.1 Å². The minimum atomic E-state index is 0.541. The zero-order chi connectivity index (χ0) is 13.2. The van der Waals surface area contributed by atoms with Crippen molar-refractivity contribution in [3.8, 4) is 0 Å². The summed E-state index contributed by atoms with van der Waals surface area (Å²) in [4.78, 5) is 8.77. The number of rotatable bonds is 6. The SMILES string of the molecule is Cc1ccnc2c1nc(N)n2CCCOCC1CC1. The summed E-state index contributed by atoms with van der Waals surface area (Å²) < 4.78 is 7.61. The summed E-state index contributed by atoms with van der Waals surface area (Å²) in [5, 5.41) is 0. The van der Waals surface area contributed by atoms with Gasteiger partial charge in [0.15, 0.2) is 5.65 Å². The lowest BCUT2D eigenvalue weighted by Gasteiger charge is -2.06. The third-order valence-corrected chi connectivity index (χ3v) is 3.59. The number of nitrogens with two attached hydrogens (primary N) is 1. The van der Waals surface area contributed by atoms with Crippen molar-refractivity contribution in [2.24, 2.45) is 5.92 Å². The minimum absolute atomic E-state index is 0.541. The van der Waals surface area contributed by atoms with Crippen LogP contribution in [0, 0.1) is 12.8 Å². The van der Waals surface area contributed by atoms with Gasteiger partial charge in [-0.3, -0.25) is 4.57 Å². The molecule has 3 rings (SSSR count). The molecule has 5 heteroatoms. The van der Waals surface area contributed by atoms with Crippen LogP contribution in [0.4, 0.5) is 5.95 Å². The van der Waals surface area contributed by atoms with E-state index in [0.717, 1.165) is 48.8 Å². The summed E-state index contributed by atoms with van der Waals surface area (Å²) in [6.07, 6.45) is 5.42. The van der Waals surface area contributed by atoms with E-state index in [1.165, 1.54) is 12.8 Å². The summed E-state index contributed by atoms with van der Waals surface area (Å²) >= 11 is 0. The molecule has 5 nitrogen and oxygen atoms in total. The molecule has 0 aliphatic heterocycles. The third-order valence-electron chi connectivity index (χ3n) is 3.59. The molecule has 0 unspecified atom stereocenters. The molecule has 1 aliphatic carbocycles. The first-order chi connectivity index (χ1) is 9.25. The Kier molecular flexibility index (Phi) is 3.38. The Morgan fingerprint density at radius 2 is 2.32 bits per heavy atom. The topological polar surface area (TPSA) is 66.0 Å². The number of ether oxygens (including phenoxy) is 1. The highest BCUT2D eigenvalue weighted by atomic mass is 16.5. The van der Waals surface area contributed by atoms with Crippen molar-refractivity contribution in [1.29, 1.82) is 0 Å². The summed E-state index contributed by atoms with van der Waals surface area (Å²) in [7, 11) is 0. The number of hydrogen-bond donors (Lipinski definition) is 1. The molecule has 2 aromatic rings. The number of pyridine rings is 1. The highest BCUT2D eigenvalue weighted by molar-refractivity contribution is 5.77. The van der Waals surface area contributed by atoms with E-state index in [1.807, 2.05) is 17.6 Å². The van der Waals surface area contributed by atoms with E-state index < -0.39 is 0 Å². The largest absolute Gasteiger partial charge is 0.381 e. The van der Waals surface area contributed by atoms with E-state index in [0.29, 0.717) is 5.95 Å². The van der Waals surface area contributed by atoms with E-state index in [-0.39, 0.29) is 0 Å². The van der Waals surface area contributed by atoms with Crippen molar-refractivity contribution in [3.05, 3.63) is 17.8 Å². The molecular weight excluding hydrogens is 240 g/mol. The fourth-order valence-corrected chi connectivity index (χ4v) is 2.23. The molecule has 1 aliphatic rings. The number of aromatic nitrogens is 3. The smallest absolute Gasteiger partial charge is 0.202 e. The van der Waals surface area contributed by atoms with Gasteiger partial charge in [-0.25, -0.2) is 9.97 Å². The highest BCUT2D eigenvalue weighted by Crippen LogP contribution is 2.28. The lowest BCUT2D eigenvalue weighted by Crippen LogP contribution is -2.07. The van der Waals surface area contributed by atoms with E-state index >= 15 is 0 Å². The normalized spacial score (nSPS) is 15.2. The molecule has 19 heavy (non-hydrogen) atoms. The van der Waals surface area contributed by atoms with E-state index in [4.69, 9.17) is 10.5 Å². The predicted octanol–water partition coefficient (Wildman–Crippen LogP) is 2.14. The number of fused-ring (bicyclic) bond motifs is 1. The van der Waals surface area contributed by atoms with E-state index in [9.17, 15) is 0 Å². The molecule has 0 aromatic carbocycles. The van der Waals surface area contributed by atoms with Crippen LogP contribution in [-0.4, -0.2) is 27.7 Å². The Balaban J connectivity index is 1.63. The Hall–Kier alpha value is -1.62. The average molecular weight is 260 g/mol. The average Bonchev–Trinajstić information content (AvgIpc) is 3.15. The summed E-state index contributed by atoms with van der Waals surface area (Å²) in [5.74, 6) is 1.36. The van der Waals surface area contributed by atoms with Gasteiger partial charge in [-0.15, -0.1) is 0 Å². The zero-order valence-corrected chi connectivity index (χ0v) is 11.3. The van der Waals surface area contributed by atoms with E-state index in [1.54, 1.807) is 6.20 Å². The number of anilines is 1. The van der Waals surface area contributed by atoms with Crippen molar-refractivity contribution in [2.75, 3.05) is 18.9 Å². The second-order valence-corrected chi connectivity index (χ2v) is 5.29. The number of aryl methyl sites for hydroxylation is 2. The van der Waals surface area contributed by atoms with Crippen LogP contribution in [0.3, 0.4) is 0 Å². The van der Waals surface area contributed by atoms with Crippen molar-refractivity contribution in [3.63, 3.8) is 0 Å². The number of hydrogen-bond acceptors (Lipinski definition) is 4. The maximum Gasteiger partial charge on any atom is 0.202 e. The molecule has 0 atom stereocenters. The second kappa shape index (κ2) is 5.17. The van der Waals surface area contributed by atoms with Gasteiger partial charge in [-0.1, -0.05) is 0 Å². The molecule has 1 saturated carbocycles. The molecule has 1 fully saturated rings. The summed E-state index contributed by atoms with van der Waals surface area (Å²) in [5.41, 5.74) is 8.85. The second-order valence-electron chi connectivity index (χ2n) is 5.29. The Morgan fingerprint density at radius 3 is 3.11 bits per heavy atom. The van der Waals surface area contributed by atoms with Gasteiger partial charge in [0.05, 0.1) is 0 Å².